The minimum Gasteiger partial charge on any atom is -0.493 e. The highest BCUT2D eigenvalue weighted by atomic mass is 35.5. The molecule has 1 aliphatic rings. The highest BCUT2D eigenvalue weighted by molar-refractivity contribution is 6.30. The molecule has 0 unspecified atom stereocenters. The highest BCUT2D eigenvalue weighted by Gasteiger charge is 2.39. The van der Waals surface area contributed by atoms with Crippen molar-refractivity contribution in [3.8, 4) is 5.75 Å². The van der Waals surface area contributed by atoms with E-state index < -0.39 is 17.7 Å². The zero-order valence-corrected chi connectivity index (χ0v) is 15.0. The van der Waals surface area contributed by atoms with Gasteiger partial charge in [-0.05, 0) is 36.6 Å². The molecule has 0 aromatic heterocycles. The van der Waals surface area contributed by atoms with Crippen LogP contribution in [0.15, 0.2) is 23.8 Å². The van der Waals surface area contributed by atoms with Gasteiger partial charge in [0.15, 0.2) is 0 Å². The van der Waals surface area contributed by atoms with Crippen molar-refractivity contribution in [2.24, 2.45) is 5.92 Å². The van der Waals surface area contributed by atoms with Gasteiger partial charge >= 0.3 is 11.9 Å². The van der Waals surface area contributed by atoms with Gasteiger partial charge < -0.3 is 14.2 Å². The molecule has 6 heteroatoms. The molecule has 2 rings (SSSR count). The van der Waals surface area contributed by atoms with Crippen LogP contribution in [0.1, 0.15) is 39.7 Å². The average Bonchev–Trinajstić information content (AvgIpc) is 2.43. The Morgan fingerprint density at radius 2 is 1.83 bits per heavy atom. The zero-order chi connectivity index (χ0) is 17.9. The summed E-state index contributed by atoms with van der Waals surface area (Å²) in [6.07, 6.45) is 2.27. The van der Waals surface area contributed by atoms with Gasteiger partial charge in [-0.15, -0.1) is 0 Å². The fourth-order valence-corrected chi connectivity index (χ4v) is 2.28. The Morgan fingerprint density at radius 1 is 1.21 bits per heavy atom. The van der Waals surface area contributed by atoms with E-state index in [1.807, 2.05) is 0 Å². The van der Waals surface area contributed by atoms with Crippen LogP contribution in [0.2, 0.25) is 5.02 Å². The summed E-state index contributed by atoms with van der Waals surface area (Å²) in [5.41, 5.74) is 0.333. The maximum Gasteiger partial charge on any atom is 0.348 e. The van der Waals surface area contributed by atoms with E-state index in [2.05, 4.69) is 13.8 Å². The summed E-state index contributed by atoms with van der Waals surface area (Å²) in [5.74, 6) is -1.69. The van der Waals surface area contributed by atoms with Gasteiger partial charge in [0.05, 0.1) is 6.61 Å². The number of hydrogen-bond acceptors (Lipinski definition) is 5. The topological polar surface area (TPSA) is 61.8 Å². The van der Waals surface area contributed by atoms with Crippen LogP contribution < -0.4 is 4.74 Å². The SMILES string of the molecule is CC(C)CCOc1ccc(Cl)cc1C=C1C(=O)OC(C)(C)OC1=O. The first-order valence-corrected chi connectivity index (χ1v) is 8.16. The van der Waals surface area contributed by atoms with Crippen molar-refractivity contribution in [2.45, 2.75) is 39.9 Å². The fraction of sp³-hybridized carbons (Fsp3) is 0.444. The molecule has 0 spiro atoms. The van der Waals surface area contributed by atoms with E-state index in [1.165, 1.54) is 19.9 Å². The fourth-order valence-electron chi connectivity index (χ4n) is 2.10. The molecule has 1 fully saturated rings. The van der Waals surface area contributed by atoms with Gasteiger partial charge in [0.2, 0.25) is 0 Å². The molecule has 0 amide bonds. The monoisotopic (exact) mass is 352 g/mol. The third-order valence-corrected chi connectivity index (χ3v) is 3.58. The second-order valence-electron chi connectivity index (χ2n) is 6.45. The first kappa shape index (κ1) is 18.3. The Labute approximate surface area is 146 Å². The van der Waals surface area contributed by atoms with E-state index >= 15 is 0 Å². The second-order valence-corrected chi connectivity index (χ2v) is 6.89. The normalized spacial score (nSPS) is 16.7. The summed E-state index contributed by atoms with van der Waals surface area (Å²) in [6.45, 7) is 7.73. The molecule has 1 aromatic rings. The summed E-state index contributed by atoms with van der Waals surface area (Å²) >= 11 is 6.02. The van der Waals surface area contributed by atoms with Crippen LogP contribution in [-0.4, -0.2) is 24.3 Å². The molecule has 0 atom stereocenters. The number of esters is 2. The molecule has 0 saturated carbocycles. The third-order valence-electron chi connectivity index (χ3n) is 3.34. The molecule has 24 heavy (non-hydrogen) atoms. The van der Waals surface area contributed by atoms with Gasteiger partial charge in [0, 0.05) is 24.4 Å². The first-order valence-electron chi connectivity index (χ1n) is 7.78. The Bertz CT molecular complexity index is 654. The van der Waals surface area contributed by atoms with E-state index in [9.17, 15) is 9.59 Å². The zero-order valence-electron chi connectivity index (χ0n) is 14.2. The lowest BCUT2D eigenvalue weighted by molar-refractivity contribution is -0.222. The molecule has 0 bridgehead atoms. The Morgan fingerprint density at radius 3 is 2.42 bits per heavy atom. The number of carbonyl (C=O) groups is 2. The van der Waals surface area contributed by atoms with Crippen LogP contribution in [-0.2, 0) is 19.1 Å². The molecule has 1 saturated heterocycles. The third kappa shape index (κ3) is 4.74. The summed E-state index contributed by atoms with van der Waals surface area (Å²) in [6, 6.07) is 5.02. The molecule has 1 heterocycles. The Kier molecular flexibility index (Phi) is 5.54. The van der Waals surface area contributed by atoms with E-state index in [-0.39, 0.29) is 5.57 Å². The Balaban J connectivity index is 2.29. The van der Waals surface area contributed by atoms with E-state index in [0.29, 0.717) is 28.9 Å². The lowest BCUT2D eigenvalue weighted by atomic mass is 10.1. The van der Waals surface area contributed by atoms with Gasteiger partial charge in [-0.25, -0.2) is 9.59 Å². The maximum atomic E-state index is 12.1. The number of cyclic esters (lactones) is 2. The van der Waals surface area contributed by atoms with Crippen LogP contribution in [0.25, 0.3) is 6.08 Å². The van der Waals surface area contributed by atoms with Crippen molar-refractivity contribution in [1.82, 2.24) is 0 Å². The van der Waals surface area contributed by atoms with Crippen molar-refractivity contribution in [3.05, 3.63) is 34.4 Å². The van der Waals surface area contributed by atoms with E-state index in [0.717, 1.165) is 6.42 Å². The number of halogens is 1. The first-order chi connectivity index (χ1) is 11.2. The minimum atomic E-state index is -1.27. The van der Waals surface area contributed by atoms with Crippen LogP contribution in [0.4, 0.5) is 0 Å². The molecule has 1 aromatic carbocycles. The standard InChI is InChI=1S/C18H21ClO5/c1-11(2)7-8-22-15-6-5-13(19)9-12(15)10-14-16(20)23-18(3,4)24-17(14)21/h5-6,9-11H,7-8H2,1-4H3. The van der Waals surface area contributed by atoms with Crippen molar-refractivity contribution in [1.29, 1.82) is 0 Å². The quantitative estimate of drug-likeness (QED) is 0.455. The van der Waals surface area contributed by atoms with Crippen LogP contribution >= 0.6 is 11.6 Å². The van der Waals surface area contributed by atoms with E-state index in [1.54, 1.807) is 18.2 Å². The van der Waals surface area contributed by atoms with Crippen molar-refractivity contribution in [3.63, 3.8) is 0 Å². The minimum absolute atomic E-state index is 0.190. The second kappa shape index (κ2) is 7.26. The maximum absolute atomic E-state index is 12.1. The molecular weight excluding hydrogens is 332 g/mol. The van der Waals surface area contributed by atoms with Crippen molar-refractivity contribution >= 4 is 29.6 Å². The summed E-state index contributed by atoms with van der Waals surface area (Å²) in [4.78, 5) is 24.1. The number of carbonyl (C=O) groups excluding carboxylic acids is 2. The predicted octanol–water partition coefficient (Wildman–Crippen LogP) is 3.98. The number of ether oxygens (including phenoxy) is 3. The Hall–Kier alpha value is -2.01. The lowest BCUT2D eigenvalue weighted by Crippen LogP contribution is -2.41. The number of rotatable bonds is 5. The summed E-state index contributed by atoms with van der Waals surface area (Å²) < 4.78 is 15.9. The summed E-state index contributed by atoms with van der Waals surface area (Å²) in [7, 11) is 0. The largest absolute Gasteiger partial charge is 0.493 e. The average molecular weight is 353 g/mol. The number of hydrogen-bond donors (Lipinski definition) is 0. The highest BCUT2D eigenvalue weighted by Crippen LogP contribution is 2.29. The van der Waals surface area contributed by atoms with Crippen LogP contribution in [0.3, 0.4) is 0 Å². The smallest absolute Gasteiger partial charge is 0.348 e. The van der Waals surface area contributed by atoms with Gasteiger partial charge in [-0.2, -0.15) is 0 Å². The molecule has 0 N–H and O–H groups in total. The summed E-state index contributed by atoms with van der Waals surface area (Å²) in [5, 5.41) is 0.468. The van der Waals surface area contributed by atoms with Crippen LogP contribution in [0.5, 0.6) is 5.75 Å². The molecule has 1 aliphatic heterocycles. The molecule has 0 radical (unpaired) electrons. The molecule has 130 valence electrons. The number of benzene rings is 1. The van der Waals surface area contributed by atoms with Crippen LogP contribution in [0, 0.1) is 5.92 Å². The van der Waals surface area contributed by atoms with Crippen molar-refractivity contribution in [2.75, 3.05) is 6.61 Å². The van der Waals surface area contributed by atoms with Gasteiger partial charge in [-0.1, -0.05) is 25.4 Å². The molecule has 5 nitrogen and oxygen atoms in total. The van der Waals surface area contributed by atoms with Gasteiger partial charge in [-0.3, -0.25) is 0 Å². The van der Waals surface area contributed by atoms with Gasteiger partial charge in [0.25, 0.3) is 5.79 Å². The molecule has 0 aliphatic carbocycles. The van der Waals surface area contributed by atoms with Crippen molar-refractivity contribution < 1.29 is 23.8 Å². The van der Waals surface area contributed by atoms with E-state index in [4.69, 9.17) is 25.8 Å². The molecular formula is C18H21ClO5. The van der Waals surface area contributed by atoms with Gasteiger partial charge in [0.1, 0.15) is 11.3 Å². The lowest BCUT2D eigenvalue weighted by Gasteiger charge is -2.29. The predicted molar refractivity (Wildman–Crippen MR) is 90.6 cm³/mol.